The molecule has 1 aromatic heterocycles. The lowest BCUT2D eigenvalue weighted by molar-refractivity contribution is -0.144. The predicted molar refractivity (Wildman–Crippen MR) is 96.6 cm³/mol. The smallest absolute Gasteiger partial charge is 0.431 e. The number of rotatable bonds is 5. The first kappa shape index (κ1) is 22.5. The summed E-state index contributed by atoms with van der Waals surface area (Å²) < 4.78 is 44.7. The van der Waals surface area contributed by atoms with Gasteiger partial charge in [-0.15, -0.1) is 0 Å². The first-order valence-electron chi connectivity index (χ1n) is 7.61. The van der Waals surface area contributed by atoms with Crippen molar-refractivity contribution in [2.45, 2.75) is 19.2 Å². The molecule has 156 valence electrons. The van der Waals surface area contributed by atoms with Gasteiger partial charge in [0.25, 0.3) is 11.5 Å². The molecule has 0 fully saturated rings. The fourth-order valence-corrected chi connectivity index (χ4v) is 2.88. The van der Waals surface area contributed by atoms with Crippen molar-refractivity contribution in [2.75, 3.05) is 0 Å². The molecule has 2 rings (SSSR count). The fraction of sp³-hybridized carbons (Fsp3) is 0.250. The van der Waals surface area contributed by atoms with Crippen LogP contribution in [0, 0.1) is 0 Å². The molecule has 0 aliphatic rings. The number of hydrogen-bond acceptors (Lipinski definition) is 5. The van der Waals surface area contributed by atoms with E-state index in [-0.39, 0.29) is 32.1 Å². The number of carbonyl (C=O) groups is 2. The van der Waals surface area contributed by atoms with Gasteiger partial charge in [-0.25, -0.2) is 9.36 Å². The third kappa shape index (κ3) is 4.46. The topological polar surface area (TPSA) is 113 Å². The number of nitrogens with two attached hydrogens (primary N) is 1. The molecule has 2 N–H and O–H groups in total. The lowest BCUT2D eigenvalue weighted by atomic mass is 10.2. The van der Waals surface area contributed by atoms with Crippen LogP contribution in [0.25, 0.3) is 5.69 Å². The number of Topliss-reactive ketones (excluding diaryl/α,β-unsaturated/α-hetero) is 1. The van der Waals surface area contributed by atoms with Crippen LogP contribution in [0.2, 0.25) is 10.0 Å². The molecule has 0 radical (unpaired) electrons. The zero-order valence-electron chi connectivity index (χ0n) is 14.7. The second-order valence-electron chi connectivity index (χ2n) is 5.79. The van der Waals surface area contributed by atoms with Crippen molar-refractivity contribution in [1.82, 2.24) is 9.13 Å². The van der Waals surface area contributed by atoms with E-state index in [1.807, 2.05) is 0 Å². The molecule has 1 atom stereocenters. The summed E-state index contributed by atoms with van der Waals surface area (Å²) in [5, 5.41) is -0.484. The molecule has 29 heavy (non-hydrogen) atoms. The van der Waals surface area contributed by atoms with Crippen molar-refractivity contribution in [3.05, 3.63) is 54.8 Å². The van der Waals surface area contributed by atoms with Gasteiger partial charge in [-0.1, -0.05) is 23.2 Å². The van der Waals surface area contributed by atoms with Gasteiger partial charge in [0.1, 0.15) is 11.4 Å². The Balaban J connectivity index is 2.73. The van der Waals surface area contributed by atoms with Gasteiger partial charge in [0.05, 0.1) is 15.7 Å². The largest absolute Gasteiger partial charge is 0.471 e. The summed E-state index contributed by atoms with van der Waals surface area (Å²) in [6.45, 7) is 1.02. The Labute approximate surface area is 170 Å². The van der Waals surface area contributed by atoms with E-state index in [4.69, 9.17) is 33.7 Å². The number of halogens is 5. The van der Waals surface area contributed by atoms with Crippen LogP contribution < -0.4 is 21.7 Å². The van der Waals surface area contributed by atoms with Crippen LogP contribution in [0.5, 0.6) is 5.75 Å². The van der Waals surface area contributed by atoms with Crippen molar-refractivity contribution in [1.29, 1.82) is 0 Å². The lowest BCUT2D eigenvalue weighted by Gasteiger charge is -2.17. The molecule has 0 aliphatic heterocycles. The van der Waals surface area contributed by atoms with E-state index in [1.165, 1.54) is 0 Å². The third-order valence-electron chi connectivity index (χ3n) is 3.73. The highest BCUT2D eigenvalue weighted by Crippen LogP contribution is 2.33. The Hall–Kier alpha value is -2.79. The maximum absolute atomic E-state index is 13.0. The van der Waals surface area contributed by atoms with Crippen LogP contribution in [0.4, 0.5) is 13.2 Å². The molecule has 1 heterocycles. The number of alkyl halides is 3. The molecule has 0 bridgehead atoms. The predicted octanol–water partition coefficient (Wildman–Crippen LogP) is 1.68. The number of amides is 1. The first-order chi connectivity index (χ1) is 13.3. The average Bonchev–Trinajstić information content (AvgIpc) is 2.57. The maximum Gasteiger partial charge on any atom is 0.431 e. The van der Waals surface area contributed by atoms with Crippen LogP contribution in [-0.2, 0) is 22.8 Å². The molecule has 8 nitrogen and oxygen atoms in total. The number of carbonyl (C=O) groups excluding carboxylic acids is 2. The first-order valence-corrected chi connectivity index (χ1v) is 8.37. The Kier molecular flexibility index (Phi) is 6.14. The molecule has 0 saturated carbocycles. The SMILES string of the molecule is CC(=O)C(Oc1cc(-n2c(=O)cc(C(F)(F)F)n(C)c2=O)c(Cl)cc1Cl)C(N)=O. The number of primary amides is 1. The molecule has 0 saturated heterocycles. The summed E-state index contributed by atoms with van der Waals surface area (Å²) in [7, 11) is 0.821. The van der Waals surface area contributed by atoms with E-state index in [1.54, 1.807) is 0 Å². The highest BCUT2D eigenvalue weighted by molar-refractivity contribution is 6.36. The number of hydrogen-bond donors (Lipinski definition) is 1. The van der Waals surface area contributed by atoms with Crippen molar-refractivity contribution in [2.24, 2.45) is 12.8 Å². The van der Waals surface area contributed by atoms with E-state index in [9.17, 15) is 32.3 Å². The number of aromatic nitrogens is 2. The van der Waals surface area contributed by atoms with E-state index in [0.29, 0.717) is 4.57 Å². The van der Waals surface area contributed by atoms with Crippen molar-refractivity contribution < 1.29 is 27.5 Å². The molecular weight excluding hydrogens is 442 g/mol. The highest BCUT2D eigenvalue weighted by atomic mass is 35.5. The van der Waals surface area contributed by atoms with Gasteiger partial charge in [0, 0.05) is 19.2 Å². The summed E-state index contributed by atoms with van der Waals surface area (Å²) in [5.74, 6) is -2.24. The Morgan fingerprint density at radius 3 is 2.21 bits per heavy atom. The van der Waals surface area contributed by atoms with Gasteiger partial charge in [-0.3, -0.25) is 19.0 Å². The van der Waals surface area contributed by atoms with Gasteiger partial charge in [0.15, 0.2) is 5.78 Å². The minimum atomic E-state index is -4.94. The Morgan fingerprint density at radius 2 is 1.72 bits per heavy atom. The number of ether oxygens (including phenoxy) is 1. The zero-order valence-corrected chi connectivity index (χ0v) is 16.2. The van der Waals surface area contributed by atoms with Gasteiger partial charge < -0.3 is 10.5 Å². The minimum absolute atomic E-state index is 0.206. The Bertz CT molecular complexity index is 1110. The lowest BCUT2D eigenvalue weighted by Crippen LogP contribution is -2.41. The van der Waals surface area contributed by atoms with Crippen LogP contribution >= 0.6 is 23.2 Å². The van der Waals surface area contributed by atoms with E-state index >= 15 is 0 Å². The van der Waals surface area contributed by atoms with Gasteiger partial charge in [-0.05, 0) is 13.0 Å². The van der Waals surface area contributed by atoms with Crippen LogP contribution in [-0.4, -0.2) is 26.9 Å². The standard InChI is InChI=1S/C16H12Cl2F3N3O5/c1-6(25)13(14(22)27)29-10-4-9(7(17)3-8(10)18)24-12(26)5-11(16(19,20)21)23(2)15(24)28/h3-5,13H,1-2H3,(H2,22,27). The van der Waals surface area contributed by atoms with Crippen molar-refractivity contribution in [3.63, 3.8) is 0 Å². The van der Waals surface area contributed by atoms with Crippen molar-refractivity contribution in [3.8, 4) is 11.4 Å². The third-order valence-corrected chi connectivity index (χ3v) is 4.32. The highest BCUT2D eigenvalue weighted by Gasteiger charge is 2.35. The van der Waals surface area contributed by atoms with Gasteiger partial charge in [0.2, 0.25) is 6.10 Å². The molecule has 2 aromatic rings. The Morgan fingerprint density at radius 1 is 1.14 bits per heavy atom. The summed E-state index contributed by atoms with van der Waals surface area (Å²) in [5.41, 5.74) is 0.557. The second-order valence-corrected chi connectivity index (χ2v) is 6.60. The van der Waals surface area contributed by atoms with E-state index < -0.39 is 40.9 Å². The average molecular weight is 454 g/mol. The molecule has 0 spiro atoms. The summed E-state index contributed by atoms with van der Waals surface area (Å²) in [4.78, 5) is 47.5. The number of benzene rings is 1. The summed E-state index contributed by atoms with van der Waals surface area (Å²) in [6.07, 6.45) is -6.67. The quantitative estimate of drug-likeness (QED) is 0.691. The monoisotopic (exact) mass is 453 g/mol. The van der Waals surface area contributed by atoms with E-state index in [2.05, 4.69) is 0 Å². The van der Waals surface area contributed by atoms with E-state index in [0.717, 1.165) is 26.1 Å². The van der Waals surface area contributed by atoms with Gasteiger partial charge in [-0.2, -0.15) is 13.2 Å². The molecule has 1 aromatic carbocycles. The van der Waals surface area contributed by atoms with Crippen molar-refractivity contribution >= 4 is 34.9 Å². The second kappa shape index (κ2) is 7.91. The maximum atomic E-state index is 13.0. The number of ketones is 1. The normalized spacial score (nSPS) is 12.5. The molecule has 1 amide bonds. The zero-order chi connectivity index (χ0) is 22.3. The molecule has 13 heteroatoms. The molecule has 0 aliphatic carbocycles. The summed E-state index contributed by atoms with van der Waals surface area (Å²) >= 11 is 11.9. The molecule has 1 unspecified atom stereocenters. The fourth-order valence-electron chi connectivity index (χ4n) is 2.37. The van der Waals surface area contributed by atoms with Gasteiger partial charge >= 0.3 is 11.9 Å². The van der Waals surface area contributed by atoms with Crippen LogP contribution in [0.15, 0.2) is 27.8 Å². The summed E-state index contributed by atoms with van der Waals surface area (Å²) in [6, 6.07) is 2.17. The molecular formula is C16H12Cl2F3N3O5. The van der Waals surface area contributed by atoms with Crippen LogP contribution in [0.3, 0.4) is 0 Å². The van der Waals surface area contributed by atoms with Crippen LogP contribution in [0.1, 0.15) is 12.6 Å². The minimum Gasteiger partial charge on any atom is -0.471 e. The number of nitrogens with zero attached hydrogens (tertiary/aromatic N) is 2.